The van der Waals surface area contributed by atoms with Crippen LogP contribution in [0.2, 0.25) is 0 Å². The Morgan fingerprint density at radius 3 is 2.81 bits per heavy atom. The fraction of sp³-hybridized carbons (Fsp3) is 0.273. The van der Waals surface area contributed by atoms with Gasteiger partial charge in [0.2, 0.25) is 0 Å². The Kier molecular flexibility index (Phi) is 4.79. The van der Waals surface area contributed by atoms with Crippen molar-refractivity contribution < 1.29 is 9.18 Å². The average Bonchev–Trinajstić information content (AvgIpc) is 3.41. The van der Waals surface area contributed by atoms with Crippen molar-refractivity contribution in [3.05, 3.63) is 52.7 Å². The Bertz CT molecular complexity index is 1200. The van der Waals surface area contributed by atoms with Gasteiger partial charge >= 0.3 is 0 Å². The predicted octanol–water partition coefficient (Wildman–Crippen LogP) is 3.41. The number of nitrogens with two attached hydrogens (primary N) is 1. The van der Waals surface area contributed by atoms with E-state index in [1.807, 2.05) is 23.1 Å². The van der Waals surface area contributed by atoms with Crippen molar-refractivity contribution in [2.75, 3.05) is 35.2 Å². The number of amides is 1. The van der Waals surface area contributed by atoms with E-state index in [9.17, 15) is 9.18 Å². The second kappa shape index (κ2) is 7.63. The van der Waals surface area contributed by atoms with Gasteiger partial charge in [0.1, 0.15) is 27.9 Å². The number of fused-ring (bicyclic) bond motifs is 1. The number of benzene rings is 1. The number of aromatic nitrogens is 2. The first-order valence-corrected chi connectivity index (χ1v) is 10.8. The molecule has 1 atom stereocenters. The van der Waals surface area contributed by atoms with Crippen molar-refractivity contribution in [3.8, 4) is 16.6 Å². The van der Waals surface area contributed by atoms with Crippen LogP contribution in [0.5, 0.6) is 0 Å². The molecule has 0 bridgehead atoms. The van der Waals surface area contributed by atoms with Crippen LogP contribution < -0.4 is 15.5 Å². The molecule has 9 heteroatoms. The second-order valence-corrected chi connectivity index (χ2v) is 8.62. The second-order valence-electron chi connectivity index (χ2n) is 7.62. The number of hydrogen-bond donors (Lipinski definition) is 1. The van der Waals surface area contributed by atoms with E-state index in [0.29, 0.717) is 54.3 Å². The van der Waals surface area contributed by atoms with Gasteiger partial charge in [0, 0.05) is 37.0 Å². The van der Waals surface area contributed by atoms with Crippen molar-refractivity contribution in [3.63, 3.8) is 0 Å². The highest BCUT2D eigenvalue weighted by molar-refractivity contribution is 7.17. The number of pyridine rings is 1. The van der Waals surface area contributed by atoms with E-state index >= 15 is 0 Å². The quantitative estimate of drug-likeness (QED) is 0.634. The molecule has 0 radical (unpaired) electrons. The van der Waals surface area contributed by atoms with Crippen LogP contribution in [0.25, 0.3) is 10.6 Å². The van der Waals surface area contributed by atoms with Gasteiger partial charge in [-0.3, -0.25) is 4.79 Å². The Hall–Kier alpha value is -3.51. The summed E-state index contributed by atoms with van der Waals surface area (Å²) in [5.74, 6) is 0.635. The van der Waals surface area contributed by atoms with Gasteiger partial charge in [0.25, 0.3) is 5.91 Å². The van der Waals surface area contributed by atoms with Crippen molar-refractivity contribution in [1.82, 2.24) is 9.97 Å². The molecule has 31 heavy (non-hydrogen) atoms. The predicted molar refractivity (Wildman–Crippen MR) is 118 cm³/mol. The zero-order valence-corrected chi connectivity index (χ0v) is 17.4. The highest BCUT2D eigenvalue weighted by atomic mass is 32.1. The largest absolute Gasteiger partial charge is 0.398 e. The molecule has 5 rings (SSSR count). The Balaban J connectivity index is 1.39. The van der Waals surface area contributed by atoms with Crippen molar-refractivity contribution in [2.45, 2.75) is 19.0 Å². The molecule has 1 saturated heterocycles. The van der Waals surface area contributed by atoms with E-state index in [-0.39, 0.29) is 5.91 Å². The normalized spacial score (nSPS) is 18.2. The molecule has 3 aromatic rings. The Morgan fingerprint density at radius 1 is 1.26 bits per heavy atom. The fourth-order valence-electron chi connectivity index (χ4n) is 3.95. The molecular weight excluding hydrogens is 415 g/mol. The molecule has 156 valence electrons. The maximum atomic E-state index is 13.5. The average molecular weight is 435 g/mol. The standard InChI is InChI=1S/C22H19FN6OS/c23-15-5-7-28(12-15)19-4-2-14(11-26-19)21-27-18-6-8-29(22(30)20(18)31-21)16-3-1-13(10-24)17(25)9-16/h1-4,9,11,15H,5-8,12,25H2/t15-/m1/s1. The lowest BCUT2D eigenvalue weighted by Gasteiger charge is -2.26. The van der Waals surface area contributed by atoms with E-state index in [4.69, 9.17) is 11.0 Å². The van der Waals surface area contributed by atoms with Crippen LogP contribution in [0.4, 0.5) is 21.6 Å². The first kappa shape index (κ1) is 19.5. The number of carbonyl (C=O) groups excluding carboxylic acids is 1. The molecule has 2 aromatic heterocycles. The van der Waals surface area contributed by atoms with Crippen LogP contribution >= 0.6 is 11.3 Å². The Morgan fingerprint density at radius 2 is 2.13 bits per heavy atom. The van der Waals surface area contributed by atoms with Crippen LogP contribution in [-0.4, -0.2) is 41.7 Å². The number of nitriles is 1. The molecule has 0 unspecified atom stereocenters. The van der Waals surface area contributed by atoms with Crippen LogP contribution in [-0.2, 0) is 6.42 Å². The smallest absolute Gasteiger partial charge is 0.270 e. The number of hydrogen-bond acceptors (Lipinski definition) is 7. The molecule has 1 fully saturated rings. The van der Waals surface area contributed by atoms with Crippen LogP contribution in [0.3, 0.4) is 0 Å². The van der Waals surface area contributed by atoms with Gasteiger partial charge in [-0.05, 0) is 36.8 Å². The summed E-state index contributed by atoms with van der Waals surface area (Å²) in [5.41, 5.74) is 8.96. The minimum atomic E-state index is -0.799. The number of alkyl halides is 1. The third-order valence-corrected chi connectivity index (χ3v) is 6.76. The highest BCUT2D eigenvalue weighted by Crippen LogP contribution is 2.34. The van der Waals surface area contributed by atoms with Crippen molar-refractivity contribution in [1.29, 1.82) is 5.26 Å². The summed E-state index contributed by atoms with van der Waals surface area (Å²) in [7, 11) is 0. The minimum absolute atomic E-state index is 0.121. The van der Waals surface area contributed by atoms with E-state index < -0.39 is 6.17 Å². The lowest BCUT2D eigenvalue weighted by atomic mass is 10.1. The summed E-state index contributed by atoms with van der Waals surface area (Å²) in [6, 6.07) is 10.9. The first-order valence-electron chi connectivity index (χ1n) is 10.00. The lowest BCUT2D eigenvalue weighted by Crippen LogP contribution is -2.37. The zero-order valence-electron chi connectivity index (χ0n) is 16.6. The lowest BCUT2D eigenvalue weighted by molar-refractivity contribution is 0.0984. The summed E-state index contributed by atoms with van der Waals surface area (Å²) in [6.07, 6.45) is 2.10. The summed E-state index contributed by atoms with van der Waals surface area (Å²) in [5, 5.41) is 9.80. The third-order valence-electron chi connectivity index (χ3n) is 5.63. The summed E-state index contributed by atoms with van der Waals surface area (Å²) < 4.78 is 13.5. The van der Waals surface area contributed by atoms with Gasteiger partial charge in [-0.2, -0.15) is 5.26 Å². The van der Waals surface area contributed by atoms with Crippen molar-refractivity contribution in [2.24, 2.45) is 0 Å². The third kappa shape index (κ3) is 3.49. The van der Waals surface area contributed by atoms with Gasteiger partial charge in [-0.1, -0.05) is 0 Å². The van der Waals surface area contributed by atoms with E-state index in [1.165, 1.54) is 11.3 Å². The molecule has 2 N–H and O–H groups in total. The zero-order chi connectivity index (χ0) is 21.5. The molecule has 1 aromatic carbocycles. The molecule has 7 nitrogen and oxygen atoms in total. The van der Waals surface area contributed by atoms with E-state index in [2.05, 4.69) is 9.97 Å². The number of halogens is 1. The molecule has 4 heterocycles. The Labute approximate surface area is 182 Å². The van der Waals surface area contributed by atoms with Gasteiger partial charge in [0.05, 0.1) is 23.5 Å². The molecule has 0 saturated carbocycles. The number of nitrogen functional groups attached to an aromatic ring is 1. The monoisotopic (exact) mass is 434 g/mol. The molecule has 1 amide bonds. The van der Waals surface area contributed by atoms with Gasteiger partial charge < -0.3 is 15.5 Å². The summed E-state index contributed by atoms with van der Waals surface area (Å²) >= 11 is 1.35. The number of nitrogens with zero attached hydrogens (tertiary/aromatic N) is 5. The van der Waals surface area contributed by atoms with Gasteiger partial charge in [0.15, 0.2) is 0 Å². The number of thiazole rings is 1. The maximum Gasteiger partial charge on any atom is 0.270 e. The molecule has 2 aliphatic rings. The van der Waals surface area contributed by atoms with Gasteiger partial charge in [-0.25, -0.2) is 14.4 Å². The van der Waals surface area contributed by atoms with E-state index in [1.54, 1.807) is 29.3 Å². The molecule has 0 aliphatic carbocycles. The van der Waals surface area contributed by atoms with Crippen LogP contribution in [0, 0.1) is 11.3 Å². The number of rotatable bonds is 3. The fourth-order valence-corrected chi connectivity index (χ4v) is 5.00. The topological polar surface area (TPSA) is 99.1 Å². The van der Waals surface area contributed by atoms with E-state index in [0.717, 1.165) is 22.1 Å². The molecule has 0 spiro atoms. The summed E-state index contributed by atoms with van der Waals surface area (Å²) in [4.78, 5) is 26.5. The number of anilines is 3. The van der Waals surface area contributed by atoms with Crippen LogP contribution in [0.15, 0.2) is 36.5 Å². The van der Waals surface area contributed by atoms with Crippen LogP contribution in [0.1, 0.15) is 27.3 Å². The minimum Gasteiger partial charge on any atom is -0.398 e. The van der Waals surface area contributed by atoms with Gasteiger partial charge in [-0.15, -0.1) is 11.3 Å². The maximum absolute atomic E-state index is 13.5. The first-order chi connectivity index (χ1) is 15.0. The SMILES string of the molecule is N#Cc1ccc(N2CCc3nc(-c4ccc(N5CC[C@@H](F)C5)nc4)sc3C2=O)cc1N. The summed E-state index contributed by atoms with van der Waals surface area (Å²) in [6.45, 7) is 1.54. The molecular formula is C22H19FN6OS. The van der Waals surface area contributed by atoms with Crippen molar-refractivity contribution >= 4 is 34.4 Å². The highest BCUT2D eigenvalue weighted by Gasteiger charge is 2.30. The number of carbonyl (C=O) groups is 1. The molecule has 2 aliphatic heterocycles.